The number of carbonyl (C=O) groups is 1. The topological polar surface area (TPSA) is 64.4 Å². The zero-order chi connectivity index (χ0) is 21.5. The van der Waals surface area contributed by atoms with Crippen molar-refractivity contribution in [3.05, 3.63) is 46.6 Å². The first-order valence-electron chi connectivity index (χ1n) is 10.3. The summed E-state index contributed by atoms with van der Waals surface area (Å²) in [6.45, 7) is 6.33. The lowest BCUT2D eigenvalue weighted by Crippen LogP contribution is -2.05. The number of nitrogens with one attached hydrogen (secondary N) is 1. The predicted octanol–water partition coefficient (Wildman–Crippen LogP) is 6.52. The number of rotatable bonds is 10. The van der Waals surface area contributed by atoms with Crippen molar-refractivity contribution in [1.82, 2.24) is 5.16 Å². The second kappa shape index (κ2) is 10.7. The van der Waals surface area contributed by atoms with Crippen LogP contribution in [0.25, 0.3) is 11.0 Å². The van der Waals surface area contributed by atoms with E-state index in [4.69, 9.17) is 20.9 Å². The number of thioether (sulfide) groups is 1. The standard InChI is InChI=1S/C23H27ClN2O3S/c1-4-7-18-21(10-9-17-20(5-2)26-29-23(17)18)28-12-6-13-30-22-11-8-16(14-19(22)24)25-15(3)27/h8-11,14H,4-7,12-13H2,1-3H3,(H,25,27). The molecule has 0 aliphatic rings. The third-order valence-corrected chi connectivity index (χ3v) is 6.25. The SMILES string of the molecule is CCCc1c(OCCCSc2ccc(NC(C)=O)cc2Cl)ccc2c(CC)noc12. The van der Waals surface area contributed by atoms with Crippen LogP contribution in [0.1, 0.15) is 44.9 Å². The van der Waals surface area contributed by atoms with Crippen LogP contribution in [0.2, 0.25) is 5.02 Å². The highest BCUT2D eigenvalue weighted by Crippen LogP contribution is 2.32. The Morgan fingerprint density at radius 3 is 2.80 bits per heavy atom. The van der Waals surface area contributed by atoms with Crippen LogP contribution in [-0.4, -0.2) is 23.4 Å². The summed E-state index contributed by atoms with van der Waals surface area (Å²) in [5.41, 5.74) is 3.66. The molecular formula is C23H27ClN2O3S. The summed E-state index contributed by atoms with van der Waals surface area (Å²) in [6.07, 6.45) is 3.65. The van der Waals surface area contributed by atoms with E-state index in [1.807, 2.05) is 24.3 Å². The average Bonchev–Trinajstić information content (AvgIpc) is 3.13. The second-order valence-corrected chi connectivity index (χ2v) is 8.57. The molecular weight excluding hydrogens is 420 g/mol. The van der Waals surface area contributed by atoms with Gasteiger partial charge in [-0.15, -0.1) is 11.8 Å². The summed E-state index contributed by atoms with van der Waals surface area (Å²) in [5.74, 6) is 1.65. The molecule has 0 aliphatic carbocycles. The van der Waals surface area contributed by atoms with E-state index in [2.05, 4.69) is 24.3 Å². The van der Waals surface area contributed by atoms with Gasteiger partial charge >= 0.3 is 0 Å². The van der Waals surface area contributed by atoms with E-state index in [0.29, 0.717) is 17.3 Å². The minimum Gasteiger partial charge on any atom is -0.493 e. The molecule has 1 amide bonds. The highest BCUT2D eigenvalue weighted by molar-refractivity contribution is 7.99. The Kier molecular flexibility index (Phi) is 8.05. The largest absolute Gasteiger partial charge is 0.493 e. The summed E-state index contributed by atoms with van der Waals surface area (Å²) in [6, 6.07) is 9.65. The minimum absolute atomic E-state index is 0.111. The molecule has 0 unspecified atom stereocenters. The van der Waals surface area contributed by atoms with Gasteiger partial charge in [0.1, 0.15) is 5.75 Å². The van der Waals surface area contributed by atoms with Crippen LogP contribution in [0.15, 0.2) is 39.8 Å². The first kappa shape index (κ1) is 22.5. The molecule has 0 saturated heterocycles. The summed E-state index contributed by atoms with van der Waals surface area (Å²) in [5, 5.41) is 8.66. The first-order valence-corrected chi connectivity index (χ1v) is 11.6. The van der Waals surface area contributed by atoms with Gasteiger partial charge in [-0.25, -0.2) is 0 Å². The number of hydrogen-bond donors (Lipinski definition) is 1. The zero-order valence-corrected chi connectivity index (χ0v) is 19.2. The monoisotopic (exact) mass is 446 g/mol. The van der Waals surface area contributed by atoms with Crippen LogP contribution in [0.4, 0.5) is 5.69 Å². The number of ether oxygens (including phenoxy) is 1. The molecule has 1 heterocycles. The van der Waals surface area contributed by atoms with Crippen LogP contribution in [0, 0.1) is 0 Å². The number of anilines is 1. The number of aromatic nitrogens is 1. The Labute approximate surface area is 186 Å². The molecule has 3 rings (SSSR count). The molecule has 30 heavy (non-hydrogen) atoms. The number of amides is 1. The van der Waals surface area contributed by atoms with E-state index in [0.717, 1.165) is 64.3 Å². The van der Waals surface area contributed by atoms with Crippen LogP contribution in [-0.2, 0) is 17.6 Å². The van der Waals surface area contributed by atoms with Gasteiger partial charge in [-0.2, -0.15) is 0 Å². The van der Waals surface area contributed by atoms with Gasteiger partial charge in [-0.1, -0.05) is 37.0 Å². The molecule has 0 fully saturated rings. The maximum absolute atomic E-state index is 11.1. The van der Waals surface area contributed by atoms with Gasteiger partial charge < -0.3 is 14.6 Å². The van der Waals surface area contributed by atoms with Crippen molar-refractivity contribution >= 4 is 45.9 Å². The summed E-state index contributed by atoms with van der Waals surface area (Å²) in [7, 11) is 0. The third kappa shape index (κ3) is 5.49. The van der Waals surface area contributed by atoms with Crippen molar-refractivity contribution < 1.29 is 14.1 Å². The summed E-state index contributed by atoms with van der Waals surface area (Å²) in [4.78, 5) is 12.1. The Morgan fingerprint density at radius 1 is 1.27 bits per heavy atom. The molecule has 0 saturated carbocycles. The summed E-state index contributed by atoms with van der Waals surface area (Å²) >= 11 is 8.01. The first-order chi connectivity index (χ1) is 14.5. The van der Waals surface area contributed by atoms with E-state index >= 15 is 0 Å². The lowest BCUT2D eigenvalue weighted by molar-refractivity contribution is -0.114. The molecule has 1 N–H and O–H groups in total. The lowest BCUT2D eigenvalue weighted by Gasteiger charge is -2.12. The average molecular weight is 447 g/mol. The molecule has 0 aliphatic heterocycles. The summed E-state index contributed by atoms with van der Waals surface area (Å²) < 4.78 is 11.7. The van der Waals surface area contributed by atoms with Crippen LogP contribution in [0.5, 0.6) is 5.75 Å². The Balaban J connectivity index is 1.56. The fraction of sp³-hybridized carbons (Fsp3) is 0.391. The molecule has 2 aromatic carbocycles. The van der Waals surface area contributed by atoms with Gasteiger partial charge in [0.25, 0.3) is 0 Å². The molecule has 160 valence electrons. The van der Waals surface area contributed by atoms with Crippen LogP contribution in [0.3, 0.4) is 0 Å². The van der Waals surface area contributed by atoms with E-state index in [1.54, 1.807) is 17.8 Å². The molecule has 0 atom stereocenters. The number of halogens is 1. The van der Waals surface area contributed by atoms with Crippen molar-refractivity contribution in [2.45, 2.75) is 51.3 Å². The number of carbonyl (C=O) groups excluding carboxylic acids is 1. The van der Waals surface area contributed by atoms with E-state index < -0.39 is 0 Å². The van der Waals surface area contributed by atoms with Gasteiger partial charge in [0.05, 0.1) is 17.3 Å². The molecule has 1 aromatic heterocycles. The van der Waals surface area contributed by atoms with Crippen molar-refractivity contribution in [3.63, 3.8) is 0 Å². The van der Waals surface area contributed by atoms with Crippen LogP contribution < -0.4 is 10.1 Å². The maximum atomic E-state index is 11.1. The highest BCUT2D eigenvalue weighted by atomic mass is 35.5. The number of nitrogens with zero attached hydrogens (tertiary/aromatic N) is 1. The fourth-order valence-corrected chi connectivity index (χ4v) is 4.48. The molecule has 0 radical (unpaired) electrons. The number of aryl methyl sites for hydroxylation is 2. The third-order valence-electron chi connectivity index (χ3n) is 4.67. The van der Waals surface area contributed by atoms with E-state index in [9.17, 15) is 4.79 Å². The van der Waals surface area contributed by atoms with E-state index in [1.165, 1.54) is 6.92 Å². The van der Waals surface area contributed by atoms with Crippen molar-refractivity contribution in [2.24, 2.45) is 0 Å². The van der Waals surface area contributed by atoms with Gasteiger partial charge in [0, 0.05) is 34.2 Å². The molecule has 0 spiro atoms. The zero-order valence-electron chi connectivity index (χ0n) is 17.6. The van der Waals surface area contributed by atoms with Crippen LogP contribution >= 0.6 is 23.4 Å². The second-order valence-electron chi connectivity index (χ2n) is 7.03. The molecule has 7 heteroatoms. The Morgan fingerprint density at radius 2 is 2.10 bits per heavy atom. The van der Waals surface area contributed by atoms with E-state index in [-0.39, 0.29) is 5.91 Å². The fourth-order valence-electron chi connectivity index (χ4n) is 3.29. The van der Waals surface area contributed by atoms with Gasteiger partial charge in [-0.3, -0.25) is 4.79 Å². The maximum Gasteiger partial charge on any atom is 0.221 e. The number of fused-ring (bicyclic) bond motifs is 1. The normalized spacial score (nSPS) is 11.1. The highest BCUT2D eigenvalue weighted by Gasteiger charge is 2.15. The Bertz CT molecular complexity index is 1020. The van der Waals surface area contributed by atoms with Crippen molar-refractivity contribution in [3.8, 4) is 5.75 Å². The smallest absolute Gasteiger partial charge is 0.221 e. The van der Waals surface area contributed by atoms with Gasteiger partial charge in [-0.05, 0) is 49.6 Å². The molecule has 3 aromatic rings. The molecule has 5 nitrogen and oxygen atoms in total. The quantitative estimate of drug-likeness (QED) is 0.284. The Hall–Kier alpha value is -2.18. The van der Waals surface area contributed by atoms with Gasteiger partial charge in [0.2, 0.25) is 5.91 Å². The number of benzene rings is 2. The van der Waals surface area contributed by atoms with Crippen molar-refractivity contribution in [1.29, 1.82) is 0 Å². The predicted molar refractivity (Wildman–Crippen MR) is 124 cm³/mol. The minimum atomic E-state index is -0.111. The number of hydrogen-bond acceptors (Lipinski definition) is 5. The molecule has 0 bridgehead atoms. The lowest BCUT2D eigenvalue weighted by atomic mass is 10.0. The van der Waals surface area contributed by atoms with Gasteiger partial charge in [0.15, 0.2) is 5.58 Å². The van der Waals surface area contributed by atoms with Crippen molar-refractivity contribution in [2.75, 3.05) is 17.7 Å².